The molecule has 0 bridgehead atoms. The van der Waals surface area contributed by atoms with E-state index in [1.54, 1.807) is 0 Å². The molecule has 2 N–H and O–H groups in total. The predicted octanol–water partition coefficient (Wildman–Crippen LogP) is 2.79. The molecule has 7 nitrogen and oxygen atoms in total. The molecule has 0 radical (unpaired) electrons. The molecule has 0 saturated heterocycles. The van der Waals surface area contributed by atoms with Gasteiger partial charge < -0.3 is 10.7 Å². The van der Waals surface area contributed by atoms with Gasteiger partial charge in [-0.2, -0.15) is 35.1 Å². The van der Waals surface area contributed by atoms with E-state index in [1.165, 1.54) is 19.2 Å². The maximum absolute atomic E-state index is 13.6. The summed E-state index contributed by atoms with van der Waals surface area (Å²) in [6.07, 6.45) is -10.8. The number of amides is 1. The predicted molar refractivity (Wildman–Crippen MR) is 91.9 cm³/mol. The van der Waals surface area contributed by atoms with Crippen LogP contribution >= 0.6 is 0 Å². The molecule has 172 valence electrons. The van der Waals surface area contributed by atoms with E-state index in [1.807, 2.05) is 0 Å². The summed E-state index contributed by atoms with van der Waals surface area (Å²) in [7, 11) is 0. The molecule has 0 atom stereocenters. The van der Waals surface area contributed by atoms with Crippen LogP contribution in [-0.2, 0) is 17.5 Å². The van der Waals surface area contributed by atoms with Crippen molar-refractivity contribution in [1.29, 1.82) is 5.41 Å². The van der Waals surface area contributed by atoms with Gasteiger partial charge in [0.2, 0.25) is 11.9 Å². The van der Waals surface area contributed by atoms with Crippen molar-refractivity contribution in [3.8, 4) is 0 Å². The van der Waals surface area contributed by atoms with Gasteiger partial charge in [0.25, 0.3) is 5.56 Å². The summed E-state index contributed by atoms with van der Waals surface area (Å²) in [5.74, 6) is -6.55. The van der Waals surface area contributed by atoms with Crippen LogP contribution in [0.1, 0.15) is 25.1 Å². The minimum Gasteiger partial charge on any atom is -0.384 e. The van der Waals surface area contributed by atoms with E-state index in [4.69, 9.17) is 5.41 Å². The molecule has 1 aromatic rings. The third-order valence-corrected chi connectivity index (χ3v) is 4.15. The lowest BCUT2D eigenvalue weighted by molar-refractivity contribution is -0.278. The van der Waals surface area contributed by atoms with Crippen molar-refractivity contribution in [1.82, 2.24) is 14.9 Å². The first-order valence-corrected chi connectivity index (χ1v) is 8.46. The van der Waals surface area contributed by atoms with Crippen LogP contribution in [0.25, 0.3) is 5.57 Å². The van der Waals surface area contributed by atoms with Crippen LogP contribution in [0.4, 0.5) is 41.1 Å². The summed E-state index contributed by atoms with van der Waals surface area (Å²) in [5, 5.41) is 8.72. The first-order chi connectivity index (χ1) is 14.0. The Kier molecular flexibility index (Phi) is 6.20. The number of nitrogens with zero attached hydrogens (tertiary/aromatic N) is 3. The quantitative estimate of drug-likeness (QED) is 0.504. The smallest absolute Gasteiger partial charge is 0.384 e. The minimum absolute atomic E-state index is 0.163. The summed E-state index contributed by atoms with van der Waals surface area (Å²) in [5.41, 5.74) is -5.45. The zero-order chi connectivity index (χ0) is 23.9. The summed E-state index contributed by atoms with van der Waals surface area (Å²) in [6.45, 7) is 0.229. The van der Waals surface area contributed by atoms with Crippen LogP contribution in [0.2, 0.25) is 0 Å². The second-order valence-corrected chi connectivity index (χ2v) is 6.71. The van der Waals surface area contributed by atoms with Crippen LogP contribution in [0.3, 0.4) is 0 Å². The number of halogens is 8. The Morgan fingerprint density at radius 1 is 1.16 bits per heavy atom. The Bertz CT molecular complexity index is 978. The van der Waals surface area contributed by atoms with E-state index < -0.39 is 71.7 Å². The average molecular weight is 461 g/mol. The fourth-order valence-electron chi connectivity index (χ4n) is 2.75. The van der Waals surface area contributed by atoms with Gasteiger partial charge >= 0.3 is 18.3 Å². The van der Waals surface area contributed by atoms with Gasteiger partial charge in [-0.3, -0.25) is 19.1 Å². The Morgan fingerprint density at radius 3 is 2.19 bits per heavy atom. The minimum atomic E-state index is -5.93. The molecule has 2 heterocycles. The lowest BCUT2D eigenvalue weighted by Crippen LogP contribution is -2.44. The van der Waals surface area contributed by atoms with Crippen LogP contribution < -0.4 is 15.8 Å². The molecule has 1 aliphatic heterocycles. The fraction of sp³-hybridized carbons (Fsp3) is 0.500. The molecular weight excluding hydrogens is 446 g/mol. The number of carbonyl (C=O) groups excluding carboxylic acids is 1. The molecule has 1 aliphatic rings. The maximum atomic E-state index is 13.6. The van der Waals surface area contributed by atoms with Gasteiger partial charge in [0.1, 0.15) is 6.54 Å². The second-order valence-electron chi connectivity index (χ2n) is 6.71. The number of hydrogen-bond acceptors (Lipinski definition) is 5. The number of nitrogens with one attached hydrogen (secondary N) is 2. The lowest BCUT2D eigenvalue weighted by atomic mass is 10.1. The molecular formula is C16H15F8N5O2. The van der Waals surface area contributed by atoms with Crippen molar-refractivity contribution in [2.45, 2.75) is 44.7 Å². The largest absolute Gasteiger partial charge is 0.455 e. The average Bonchev–Trinajstić information content (AvgIpc) is 2.94. The molecule has 1 aromatic heterocycles. The van der Waals surface area contributed by atoms with Crippen LogP contribution in [0, 0.1) is 5.41 Å². The Morgan fingerprint density at radius 2 is 1.74 bits per heavy atom. The number of carbonyl (C=O) groups is 1. The fourth-order valence-corrected chi connectivity index (χ4v) is 2.75. The van der Waals surface area contributed by atoms with Crippen molar-refractivity contribution < 1.29 is 39.9 Å². The summed E-state index contributed by atoms with van der Waals surface area (Å²) in [4.78, 5) is 29.0. The SMILES string of the molecule is CC(C)N1C(=O)Cn2c1nc(C(F)(F)F)c(/C(C=N)=C/NCC(F)(F)C(F)(F)F)c2=O. The Hall–Kier alpha value is -3.00. The highest BCUT2D eigenvalue weighted by Gasteiger charge is 2.57. The van der Waals surface area contributed by atoms with E-state index in [-0.39, 0.29) is 12.4 Å². The maximum Gasteiger partial charge on any atom is 0.455 e. The molecule has 0 aromatic carbocycles. The zero-order valence-corrected chi connectivity index (χ0v) is 15.8. The molecule has 2 rings (SSSR count). The summed E-state index contributed by atoms with van der Waals surface area (Å²) in [6, 6.07) is -0.649. The number of alkyl halides is 8. The third-order valence-electron chi connectivity index (χ3n) is 4.15. The van der Waals surface area contributed by atoms with Crippen molar-refractivity contribution in [2.75, 3.05) is 11.4 Å². The molecule has 0 spiro atoms. The van der Waals surface area contributed by atoms with Crippen molar-refractivity contribution in [3.63, 3.8) is 0 Å². The van der Waals surface area contributed by atoms with E-state index in [0.29, 0.717) is 4.57 Å². The summed E-state index contributed by atoms with van der Waals surface area (Å²) < 4.78 is 104. The standard InChI is InChI=1S/C16H15F8N5O2/c1-7(2)29-9(30)5-28-12(31)10(11(15(19,20)21)27-13(28)29)8(3-25)4-26-6-14(17,18)16(22,23)24/h3-4,7,25-26H,5-6H2,1-2H3/b8-4+,25-3?. The first-order valence-electron chi connectivity index (χ1n) is 8.46. The van der Waals surface area contributed by atoms with Gasteiger partial charge in [0, 0.05) is 24.0 Å². The highest BCUT2D eigenvalue weighted by molar-refractivity contribution is 6.08. The number of allylic oxidation sites excluding steroid dienone is 1. The number of anilines is 1. The van der Waals surface area contributed by atoms with Gasteiger partial charge in [-0.05, 0) is 13.8 Å². The second kappa shape index (κ2) is 7.92. The van der Waals surface area contributed by atoms with Crippen molar-refractivity contribution >= 4 is 23.6 Å². The zero-order valence-electron chi connectivity index (χ0n) is 15.8. The van der Waals surface area contributed by atoms with E-state index in [2.05, 4.69) is 4.98 Å². The normalized spacial score (nSPS) is 15.5. The molecule has 15 heteroatoms. The number of rotatable bonds is 6. The first kappa shape index (κ1) is 24.3. The molecule has 0 aliphatic carbocycles. The van der Waals surface area contributed by atoms with Crippen molar-refractivity contribution in [2.24, 2.45) is 0 Å². The van der Waals surface area contributed by atoms with Gasteiger partial charge in [0.15, 0.2) is 5.69 Å². The number of hydrogen-bond donors (Lipinski definition) is 2. The highest BCUT2D eigenvalue weighted by atomic mass is 19.4. The molecule has 1 amide bonds. The Labute approximate surface area is 168 Å². The third kappa shape index (κ3) is 4.54. The van der Waals surface area contributed by atoms with E-state index >= 15 is 0 Å². The number of aromatic nitrogens is 2. The lowest BCUT2D eigenvalue weighted by Gasteiger charge is -2.22. The highest BCUT2D eigenvalue weighted by Crippen LogP contribution is 2.36. The van der Waals surface area contributed by atoms with E-state index in [0.717, 1.165) is 4.90 Å². The van der Waals surface area contributed by atoms with Crippen LogP contribution in [0.5, 0.6) is 0 Å². The van der Waals surface area contributed by atoms with Crippen LogP contribution in [0.15, 0.2) is 11.0 Å². The van der Waals surface area contributed by atoms with Gasteiger partial charge in [-0.1, -0.05) is 0 Å². The summed E-state index contributed by atoms with van der Waals surface area (Å²) >= 11 is 0. The molecule has 0 fully saturated rings. The molecule has 0 unspecified atom stereocenters. The van der Waals surface area contributed by atoms with Crippen molar-refractivity contribution in [3.05, 3.63) is 27.8 Å². The Balaban J connectivity index is 2.62. The molecule has 0 saturated carbocycles. The topological polar surface area (TPSA) is 91.1 Å². The number of fused-ring (bicyclic) bond motifs is 1. The monoisotopic (exact) mass is 461 g/mol. The van der Waals surface area contributed by atoms with Crippen LogP contribution in [-0.4, -0.2) is 46.4 Å². The van der Waals surface area contributed by atoms with E-state index in [9.17, 15) is 44.7 Å². The van der Waals surface area contributed by atoms with Gasteiger partial charge in [-0.25, -0.2) is 4.98 Å². The molecule has 31 heavy (non-hydrogen) atoms. The van der Waals surface area contributed by atoms with Gasteiger partial charge in [0.05, 0.1) is 12.1 Å². The van der Waals surface area contributed by atoms with Gasteiger partial charge in [-0.15, -0.1) is 0 Å².